The maximum absolute atomic E-state index is 5.54. The van der Waals surface area contributed by atoms with Gasteiger partial charge in [0, 0.05) is 18.3 Å². The lowest BCUT2D eigenvalue weighted by Crippen LogP contribution is -2.07. The Hall–Kier alpha value is -0.550. The van der Waals surface area contributed by atoms with Gasteiger partial charge < -0.3 is 4.74 Å². The minimum Gasteiger partial charge on any atom is -0.377 e. The maximum Gasteiger partial charge on any atom is 0.208 e. The highest BCUT2D eigenvalue weighted by Crippen LogP contribution is 2.22. The molecule has 1 aliphatic heterocycles. The van der Waals surface area contributed by atoms with Crippen molar-refractivity contribution in [3.8, 4) is 0 Å². The fourth-order valence-electron chi connectivity index (χ4n) is 1.52. The van der Waals surface area contributed by atoms with Gasteiger partial charge in [0.15, 0.2) is 0 Å². The first-order valence-electron chi connectivity index (χ1n) is 5.42. The molecule has 1 aromatic rings. The number of thioether (sulfide) groups is 1. The summed E-state index contributed by atoms with van der Waals surface area (Å²) in [6.45, 7) is 5.13. The number of nitrogens with one attached hydrogen (secondary N) is 1. The standard InChI is InChI=1S/C10H17N3OS/c1-7(2)9-11-10(13-12-9)15-6-8-4-3-5-14-8/h7-8H,3-6H2,1-2H3,(H,11,12,13)/t8-/m0/s1. The smallest absolute Gasteiger partial charge is 0.208 e. The van der Waals surface area contributed by atoms with Crippen LogP contribution >= 0.6 is 11.8 Å². The second-order valence-corrected chi connectivity index (χ2v) is 5.09. The molecule has 0 amide bonds. The summed E-state index contributed by atoms with van der Waals surface area (Å²) in [6, 6.07) is 0. The van der Waals surface area contributed by atoms with Crippen LogP contribution < -0.4 is 0 Å². The largest absolute Gasteiger partial charge is 0.377 e. The molecular formula is C10H17N3OS. The molecule has 2 rings (SSSR count). The lowest BCUT2D eigenvalue weighted by Gasteiger charge is -2.05. The van der Waals surface area contributed by atoms with Crippen LogP contribution in [0.3, 0.4) is 0 Å². The normalized spacial score (nSPS) is 21.4. The van der Waals surface area contributed by atoms with Crippen LogP contribution in [0.5, 0.6) is 0 Å². The lowest BCUT2D eigenvalue weighted by molar-refractivity contribution is 0.129. The van der Waals surface area contributed by atoms with Crippen molar-refractivity contribution in [3.63, 3.8) is 0 Å². The first-order chi connectivity index (χ1) is 7.25. The van der Waals surface area contributed by atoms with Gasteiger partial charge in [0.05, 0.1) is 6.10 Å². The van der Waals surface area contributed by atoms with Crippen molar-refractivity contribution in [2.75, 3.05) is 12.4 Å². The Morgan fingerprint density at radius 1 is 1.60 bits per heavy atom. The molecule has 5 heteroatoms. The van der Waals surface area contributed by atoms with Gasteiger partial charge in [0.25, 0.3) is 0 Å². The first-order valence-corrected chi connectivity index (χ1v) is 6.41. The molecule has 0 bridgehead atoms. The van der Waals surface area contributed by atoms with E-state index in [4.69, 9.17) is 4.74 Å². The second kappa shape index (κ2) is 4.99. The highest BCUT2D eigenvalue weighted by atomic mass is 32.2. The number of nitrogens with zero attached hydrogens (tertiary/aromatic N) is 2. The quantitative estimate of drug-likeness (QED) is 0.801. The summed E-state index contributed by atoms with van der Waals surface area (Å²) in [7, 11) is 0. The summed E-state index contributed by atoms with van der Waals surface area (Å²) in [6.07, 6.45) is 2.77. The van der Waals surface area contributed by atoms with Crippen LogP contribution in [0.4, 0.5) is 0 Å². The SMILES string of the molecule is CC(C)c1nc(SC[C@@H]2CCCO2)n[nH]1. The number of hydrogen-bond donors (Lipinski definition) is 1. The zero-order valence-electron chi connectivity index (χ0n) is 9.19. The van der Waals surface area contributed by atoms with Gasteiger partial charge in [-0.25, -0.2) is 4.98 Å². The molecule has 1 saturated heterocycles. The van der Waals surface area contributed by atoms with Gasteiger partial charge in [-0.05, 0) is 12.8 Å². The third-order valence-electron chi connectivity index (χ3n) is 2.45. The molecule has 2 heterocycles. The van der Waals surface area contributed by atoms with E-state index in [1.54, 1.807) is 11.8 Å². The van der Waals surface area contributed by atoms with E-state index in [1.165, 1.54) is 12.8 Å². The molecule has 15 heavy (non-hydrogen) atoms. The molecule has 1 N–H and O–H groups in total. The molecule has 0 spiro atoms. The third kappa shape index (κ3) is 2.95. The van der Waals surface area contributed by atoms with Crippen LogP contribution in [0.15, 0.2) is 5.16 Å². The lowest BCUT2D eigenvalue weighted by atomic mass is 10.2. The Morgan fingerprint density at radius 2 is 2.47 bits per heavy atom. The number of ether oxygens (including phenoxy) is 1. The average molecular weight is 227 g/mol. The Kier molecular flexibility index (Phi) is 3.64. The summed E-state index contributed by atoms with van der Waals surface area (Å²) < 4.78 is 5.54. The minimum atomic E-state index is 0.399. The molecule has 0 aliphatic carbocycles. The first kappa shape index (κ1) is 11.0. The van der Waals surface area contributed by atoms with Gasteiger partial charge in [-0.15, -0.1) is 5.10 Å². The van der Waals surface area contributed by atoms with E-state index in [1.807, 2.05) is 0 Å². The Bertz CT molecular complexity index is 307. The highest BCUT2D eigenvalue weighted by Gasteiger charge is 2.16. The molecule has 4 nitrogen and oxygen atoms in total. The van der Waals surface area contributed by atoms with Crippen LogP contribution in [-0.2, 0) is 4.74 Å². The maximum atomic E-state index is 5.54. The average Bonchev–Trinajstić information content (AvgIpc) is 2.86. The van der Waals surface area contributed by atoms with E-state index < -0.39 is 0 Å². The molecule has 0 unspecified atom stereocenters. The molecule has 0 saturated carbocycles. The van der Waals surface area contributed by atoms with Crippen molar-refractivity contribution >= 4 is 11.8 Å². The predicted octanol–water partition coefficient (Wildman–Crippen LogP) is 2.20. The summed E-state index contributed by atoms with van der Waals surface area (Å²) in [5, 5.41) is 7.97. The van der Waals surface area contributed by atoms with Crippen molar-refractivity contribution in [2.45, 2.75) is 43.9 Å². The van der Waals surface area contributed by atoms with Crippen molar-refractivity contribution < 1.29 is 4.74 Å². The fraction of sp³-hybridized carbons (Fsp3) is 0.800. The Labute approximate surface area is 94.2 Å². The zero-order chi connectivity index (χ0) is 10.7. The van der Waals surface area contributed by atoms with Crippen LogP contribution in [0, 0.1) is 0 Å². The minimum absolute atomic E-state index is 0.399. The Morgan fingerprint density at radius 3 is 3.07 bits per heavy atom. The van der Waals surface area contributed by atoms with Gasteiger partial charge in [0.1, 0.15) is 5.82 Å². The fourth-order valence-corrected chi connectivity index (χ4v) is 2.40. The molecule has 1 aromatic heterocycles. The molecule has 0 radical (unpaired) electrons. The van der Waals surface area contributed by atoms with E-state index in [2.05, 4.69) is 29.0 Å². The molecule has 1 aliphatic rings. The highest BCUT2D eigenvalue weighted by molar-refractivity contribution is 7.99. The van der Waals surface area contributed by atoms with E-state index in [9.17, 15) is 0 Å². The van der Waals surface area contributed by atoms with Crippen LogP contribution in [0.25, 0.3) is 0 Å². The van der Waals surface area contributed by atoms with Crippen molar-refractivity contribution in [1.82, 2.24) is 15.2 Å². The van der Waals surface area contributed by atoms with E-state index in [0.717, 1.165) is 23.3 Å². The number of rotatable bonds is 4. The van der Waals surface area contributed by atoms with Crippen molar-refractivity contribution in [2.24, 2.45) is 0 Å². The molecular weight excluding hydrogens is 210 g/mol. The predicted molar refractivity (Wildman–Crippen MR) is 60.2 cm³/mol. The Balaban J connectivity index is 1.82. The van der Waals surface area contributed by atoms with Gasteiger partial charge in [0.2, 0.25) is 5.16 Å². The number of aromatic nitrogens is 3. The molecule has 1 atom stereocenters. The van der Waals surface area contributed by atoms with E-state index in [0.29, 0.717) is 12.0 Å². The zero-order valence-corrected chi connectivity index (χ0v) is 10.0. The molecule has 0 aromatic carbocycles. The van der Waals surface area contributed by atoms with Crippen molar-refractivity contribution in [1.29, 1.82) is 0 Å². The number of aromatic amines is 1. The van der Waals surface area contributed by atoms with Crippen LogP contribution in [0.1, 0.15) is 38.4 Å². The number of H-pyrrole nitrogens is 1. The summed E-state index contributed by atoms with van der Waals surface area (Å²) in [5.41, 5.74) is 0. The van der Waals surface area contributed by atoms with Crippen LogP contribution in [0.2, 0.25) is 0 Å². The summed E-state index contributed by atoms with van der Waals surface area (Å²) in [4.78, 5) is 4.41. The van der Waals surface area contributed by atoms with E-state index in [-0.39, 0.29) is 0 Å². The second-order valence-electron chi connectivity index (χ2n) is 4.10. The topological polar surface area (TPSA) is 50.8 Å². The summed E-state index contributed by atoms with van der Waals surface area (Å²) >= 11 is 1.68. The van der Waals surface area contributed by atoms with Gasteiger partial charge in [-0.1, -0.05) is 25.6 Å². The van der Waals surface area contributed by atoms with Gasteiger partial charge >= 0.3 is 0 Å². The molecule has 84 valence electrons. The third-order valence-corrected chi connectivity index (χ3v) is 3.43. The number of hydrogen-bond acceptors (Lipinski definition) is 4. The van der Waals surface area contributed by atoms with Crippen LogP contribution in [-0.4, -0.2) is 33.6 Å². The van der Waals surface area contributed by atoms with Gasteiger partial charge in [-0.2, -0.15) is 0 Å². The summed E-state index contributed by atoms with van der Waals surface area (Å²) in [5.74, 6) is 2.34. The van der Waals surface area contributed by atoms with Gasteiger partial charge in [-0.3, -0.25) is 5.10 Å². The van der Waals surface area contributed by atoms with E-state index >= 15 is 0 Å². The monoisotopic (exact) mass is 227 g/mol. The van der Waals surface area contributed by atoms with Crippen molar-refractivity contribution in [3.05, 3.63) is 5.82 Å². The molecule has 1 fully saturated rings.